The SMILES string of the molecule is COc1cccc([C@@H]2OC(c3ccc(OCCCO)cc3)=N[C@]2(Cc2ccc(Br)cc2)C(=O)NNCCc2ccc(OCc3ccccc3)c(OCc3ccccc3)c2)c1. The number of ether oxygens (including phenoxy) is 5. The van der Waals surface area contributed by atoms with E-state index in [1.54, 1.807) is 7.11 Å². The number of halogens is 1. The molecule has 6 aromatic rings. The minimum absolute atomic E-state index is 0.0505. The van der Waals surface area contributed by atoms with E-state index in [2.05, 4.69) is 26.8 Å². The van der Waals surface area contributed by atoms with Crippen molar-refractivity contribution < 1.29 is 33.6 Å². The fourth-order valence-corrected chi connectivity index (χ4v) is 7.13. The molecule has 0 saturated carbocycles. The minimum atomic E-state index is -1.42. The van der Waals surface area contributed by atoms with Gasteiger partial charge in [0.1, 0.15) is 24.7 Å². The van der Waals surface area contributed by atoms with Gasteiger partial charge >= 0.3 is 0 Å². The number of nitrogens with zero attached hydrogens (tertiary/aromatic N) is 1. The molecule has 7 rings (SSSR count). The van der Waals surface area contributed by atoms with E-state index in [9.17, 15) is 4.79 Å². The molecule has 11 heteroatoms. The lowest BCUT2D eigenvalue weighted by atomic mass is 9.82. The first-order valence-electron chi connectivity index (χ1n) is 19.9. The Morgan fingerprint density at radius 3 is 2.10 bits per heavy atom. The summed E-state index contributed by atoms with van der Waals surface area (Å²) in [6.45, 7) is 1.67. The average Bonchev–Trinajstić information content (AvgIpc) is 3.68. The van der Waals surface area contributed by atoms with Gasteiger partial charge in [-0.1, -0.05) is 107 Å². The summed E-state index contributed by atoms with van der Waals surface area (Å²) < 4.78 is 31.5. The molecular formula is C49H48BrN3O7. The highest BCUT2D eigenvalue weighted by molar-refractivity contribution is 9.10. The minimum Gasteiger partial charge on any atom is -0.497 e. The molecule has 0 aliphatic carbocycles. The fraction of sp³-hybridized carbons (Fsp3) is 0.224. The molecule has 10 nitrogen and oxygen atoms in total. The van der Waals surface area contributed by atoms with Crippen LogP contribution >= 0.6 is 15.9 Å². The van der Waals surface area contributed by atoms with Crippen LogP contribution in [0.4, 0.5) is 0 Å². The van der Waals surface area contributed by atoms with Crippen LogP contribution in [0.25, 0.3) is 0 Å². The van der Waals surface area contributed by atoms with E-state index in [4.69, 9.17) is 33.8 Å². The number of hydrogen-bond donors (Lipinski definition) is 3. The van der Waals surface area contributed by atoms with Crippen LogP contribution in [-0.4, -0.2) is 49.3 Å². The predicted molar refractivity (Wildman–Crippen MR) is 235 cm³/mol. The maximum Gasteiger partial charge on any atom is 0.266 e. The van der Waals surface area contributed by atoms with Gasteiger partial charge in [-0.2, -0.15) is 0 Å². The van der Waals surface area contributed by atoms with E-state index in [1.807, 2.05) is 152 Å². The number of carbonyl (C=O) groups excluding carboxylic acids is 1. The van der Waals surface area contributed by atoms with Crippen molar-refractivity contribution >= 4 is 27.7 Å². The topological polar surface area (TPSA) is 120 Å². The molecule has 1 aliphatic heterocycles. The second kappa shape index (κ2) is 20.7. The lowest BCUT2D eigenvalue weighted by Gasteiger charge is -2.31. The van der Waals surface area contributed by atoms with Gasteiger partial charge in [0.25, 0.3) is 5.91 Å². The van der Waals surface area contributed by atoms with Crippen molar-refractivity contribution in [2.45, 2.75) is 44.1 Å². The molecule has 1 heterocycles. The largest absolute Gasteiger partial charge is 0.497 e. The van der Waals surface area contributed by atoms with Gasteiger partial charge in [0, 0.05) is 36.0 Å². The summed E-state index contributed by atoms with van der Waals surface area (Å²) in [7, 11) is 1.61. The summed E-state index contributed by atoms with van der Waals surface area (Å²) in [4.78, 5) is 19.9. The summed E-state index contributed by atoms with van der Waals surface area (Å²) in [5.74, 6) is 2.55. The maximum absolute atomic E-state index is 14.8. The van der Waals surface area contributed by atoms with Gasteiger partial charge < -0.3 is 28.8 Å². The Kier molecular flexibility index (Phi) is 14.5. The van der Waals surface area contributed by atoms with Crippen LogP contribution < -0.4 is 29.8 Å². The number of amides is 1. The van der Waals surface area contributed by atoms with E-state index in [0.717, 1.165) is 32.3 Å². The zero-order chi connectivity index (χ0) is 41.6. The number of aliphatic imine (C=N–C) groups is 1. The van der Waals surface area contributed by atoms with E-state index >= 15 is 0 Å². The van der Waals surface area contributed by atoms with Crippen molar-refractivity contribution in [3.63, 3.8) is 0 Å². The molecule has 0 unspecified atom stereocenters. The van der Waals surface area contributed by atoms with Crippen LogP contribution in [0.1, 0.15) is 45.9 Å². The molecule has 2 atom stereocenters. The van der Waals surface area contributed by atoms with Gasteiger partial charge in [-0.3, -0.25) is 10.2 Å². The van der Waals surface area contributed by atoms with Gasteiger partial charge in [-0.15, -0.1) is 0 Å². The highest BCUT2D eigenvalue weighted by atomic mass is 79.9. The van der Waals surface area contributed by atoms with Gasteiger partial charge in [-0.25, -0.2) is 10.4 Å². The number of carbonyl (C=O) groups is 1. The molecule has 1 aliphatic rings. The van der Waals surface area contributed by atoms with Crippen LogP contribution in [0.15, 0.2) is 161 Å². The first kappa shape index (κ1) is 42.0. The molecule has 60 heavy (non-hydrogen) atoms. The highest BCUT2D eigenvalue weighted by Gasteiger charge is 2.53. The Balaban J connectivity index is 1.12. The smallest absolute Gasteiger partial charge is 0.266 e. The van der Waals surface area contributed by atoms with Crippen molar-refractivity contribution in [3.8, 4) is 23.0 Å². The Bertz CT molecular complexity index is 2330. The normalized spacial score (nSPS) is 15.7. The molecule has 0 radical (unpaired) electrons. The molecule has 1 amide bonds. The second-order valence-corrected chi connectivity index (χ2v) is 15.2. The zero-order valence-electron chi connectivity index (χ0n) is 33.4. The van der Waals surface area contributed by atoms with E-state index in [-0.39, 0.29) is 18.9 Å². The van der Waals surface area contributed by atoms with Crippen molar-refractivity contribution in [2.75, 3.05) is 26.9 Å². The summed E-state index contributed by atoms with van der Waals surface area (Å²) in [5.41, 5.74) is 10.2. The lowest BCUT2D eigenvalue weighted by Crippen LogP contribution is -2.54. The average molecular weight is 871 g/mol. The van der Waals surface area contributed by atoms with E-state index < -0.39 is 11.6 Å². The molecule has 0 fully saturated rings. The first-order chi connectivity index (χ1) is 29.4. The summed E-state index contributed by atoms with van der Waals surface area (Å²) >= 11 is 3.54. The second-order valence-electron chi connectivity index (χ2n) is 14.3. The van der Waals surface area contributed by atoms with Crippen molar-refractivity contribution in [1.29, 1.82) is 0 Å². The number of benzene rings is 6. The molecule has 308 valence electrons. The van der Waals surface area contributed by atoms with Crippen LogP contribution in [0, 0.1) is 0 Å². The van der Waals surface area contributed by atoms with Gasteiger partial charge in [-0.05, 0) is 94.9 Å². The molecule has 0 saturated heterocycles. The lowest BCUT2D eigenvalue weighted by molar-refractivity contribution is -0.130. The van der Waals surface area contributed by atoms with Crippen LogP contribution in [0.2, 0.25) is 0 Å². The Hall–Kier alpha value is -6.14. The van der Waals surface area contributed by atoms with Crippen molar-refractivity contribution in [1.82, 2.24) is 10.9 Å². The Morgan fingerprint density at radius 2 is 1.42 bits per heavy atom. The molecule has 3 N–H and O–H groups in total. The Morgan fingerprint density at radius 1 is 0.733 bits per heavy atom. The molecule has 0 bridgehead atoms. The van der Waals surface area contributed by atoms with Gasteiger partial charge in [0.05, 0.1) is 13.7 Å². The summed E-state index contributed by atoms with van der Waals surface area (Å²) in [5, 5.41) is 9.17. The monoisotopic (exact) mass is 869 g/mol. The number of rotatable bonds is 20. The quantitative estimate of drug-likeness (QED) is 0.0515. The Labute approximate surface area is 359 Å². The van der Waals surface area contributed by atoms with Crippen LogP contribution in [0.5, 0.6) is 23.0 Å². The highest BCUT2D eigenvalue weighted by Crippen LogP contribution is 2.43. The summed E-state index contributed by atoms with van der Waals surface area (Å²) in [6, 6.07) is 48.7. The third-order valence-corrected chi connectivity index (χ3v) is 10.6. The van der Waals surface area contributed by atoms with Gasteiger partial charge in [0.2, 0.25) is 5.90 Å². The fourth-order valence-electron chi connectivity index (χ4n) is 6.87. The molecule has 0 aromatic heterocycles. The number of nitrogens with one attached hydrogen (secondary N) is 2. The first-order valence-corrected chi connectivity index (χ1v) is 20.7. The number of methoxy groups -OCH3 is 1. The number of hydrogen-bond acceptors (Lipinski definition) is 9. The van der Waals surface area contributed by atoms with E-state index in [1.165, 1.54) is 0 Å². The van der Waals surface area contributed by atoms with Crippen LogP contribution in [-0.2, 0) is 35.6 Å². The van der Waals surface area contributed by atoms with Crippen molar-refractivity contribution in [3.05, 3.63) is 190 Å². The number of aliphatic hydroxyl groups is 1. The third kappa shape index (κ3) is 10.9. The van der Waals surface area contributed by atoms with E-state index in [0.29, 0.717) is 73.7 Å². The van der Waals surface area contributed by atoms with Crippen molar-refractivity contribution in [2.24, 2.45) is 4.99 Å². The van der Waals surface area contributed by atoms with Gasteiger partial charge in [0.15, 0.2) is 23.1 Å². The van der Waals surface area contributed by atoms with Crippen LogP contribution in [0.3, 0.4) is 0 Å². The molecule has 6 aromatic carbocycles. The zero-order valence-corrected chi connectivity index (χ0v) is 35.0. The molecular weight excluding hydrogens is 822 g/mol. The number of aliphatic hydroxyl groups excluding tert-OH is 1. The standard InChI is InChI=1S/C49H48BrN3O7/c1-56-43-15-8-14-40(31-43)46-49(32-36-16-21-41(50)22-17-36,52-47(60-46)39-19-23-42(24-20-39)57-29-9-28-54)48(55)53-51-27-26-35-18-25-44(58-33-37-10-4-2-5-11-37)45(30-35)59-34-38-12-6-3-7-13-38/h2-8,10-25,30-31,46,51,54H,9,26-29,32-34H2,1H3,(H,53,55)/t46-,49-/m0/s1. The number of hydrazine groups is 1. The summed E-state index contributed by atoms with van der Waals surface area (Å²) in [6.07, 6.45) is 0.551. The molecule has 0 spiro atoms. The maximum atomic E-state index is 14.8. The third-order valence-electron chi connectivity index (χ3n) is 10.0. The predicted octanol–water partition coefficient (Wildman–Crippen LogP) is 8.74.